The molecular weight excluding hydrogens is 430 g/mol. The minimum Gasteiger partial charge on any atom is -0.493 e. The second-order valence-electron chi connectivity index (χ2n) is 9.55. The normalized spacial score (nSPS) is 25.4. The van der Waals surface area contributed by atoms with Crippen molar-refractivity contribution in [2.45, 2.75) is 31.0 Å². The second kappa shape index (κ2) is 9.65. The summed E-state index contributed by atoms with van der Waals surface area (Å²) in [5.74, 6) is 0.732. The molecule has 6 heteroatoms. The van der Waals surface area contributed by atoms with Crippen LogP contribution in [0.2, 0.25) is 0 Å². The van der Waals surface area contributed by atoms with E-state index < -0.39 is 11.6 Å². The van der Waals surface area contributed by atoms with Crippen LogP contribution in [0.25, 0.3) is 0 Å². The Kier molecular flexibility index (Phi) is 6.44. The fourth-order valence-electron chi connectivity index (χ4n) is 5.52. The number of carbonyl (C=O) groups is 1. The first-order valence-electron chi connectivity index (χ1n) is 12.1. The molecule has 2 aromatic carbocycles. The van der Waals surface area contributed by atoms with Crippen LogP contribution in [-0.4, -0.2) is 54.4 Å². The number of carbonyl (C=O) groups excluding carboxylic acids is 1. The van der Waals surface area contributed by atoms with E-state index in [1.54, 1.807) is 36.4 Å². The van der Waals surface area contributed by atoms with Gasteiger partial charge in [-0.25, -0.2) is 4.79 Å². The first-order valence-corrected chi connectivity index (χ1v) is 12.1. The molecular formula is C28H32NO5+. The Balaban J connectivity index is 1.25. The van der Waals surface area contributed by atoms with Crippen LogP contribution < -0.4 is 4.74 Å². The minimum absolute atomic E-state index is 0.173. The van der Waals surface area contributed by atoms with Crippen LogP contribution in [0.15, 0.2) is 83.5 Å². The standard InChI is InChI=1S/C28H32NO5/c30-27(28(31,26-13-7-19-33-26)23-9-3-1-4-10-23)34-25-21-29(17-14-22(25)15-18-29)16-8-20-32-24-11-5-2-6-12-24/h1-7,9-13,19,22,25,31H,8,14-18,20-21H2/q+1/t22?,25?,28-,29?/m1/s1. The van der Waals surface area contributed by atoms with E-state index in [-0.39, 0.29) is 11.9 Å². The maximum Gasteiger partial charge on any atom is 0.351 e. The first-order chi connectivity index (χ1) is 16.6. The zero-order chi connectivity index (χ0) is 23.4. The molecule has 6 rings (SSSR count). The van der Waals surface area contributed by atoms with E-state index in [0.29, 0.717) is 18.1 Å². The molecule has 1 aromatic heterocycles. The van der Waals surface area contributed by atoms with Gasteiger partial charge in [0.2, 0.25) is 5.60 Å². The van der Waals surface area contributed by atoms with Crippen molar-refractivity contribution in [3.8, 4) is 5.75 Å². The van der Waals surface area contributed by atoms with E-state index in [0.717, 1.165) is 55.7 Å². The van der Waals surface area contributed by atoms with Crippen molar-refractivity contribution >= 4 is 5.97 Å². The van der Waals surface area contributed by atoms with Gasteiger partial charge in [-0.1, -0.05) is 48.5 Å². The zero-order valence-corrected chi connectivity index (χ0v) is 19.3. The summed E-state index contributed by atoms with van der Waals surface area (Å²) in [6, 6.07) is 22.1. The molecule has 3 aliphatic heterocycles. The van der Waals surface area contributed by atoms with Crippen molar-refractivity contribution < 1.29 is 28.3 Å². The van der Waals surface area contributed by atoms with Crippen LogP contribution in [0.1, 0.15) is 30.6 Å². The van der Waals surface area contributed by atoms with E-state index in [4.69, 9.17) is 13.9 Å². The molecule has 3 fully saturated rings. The summed E-state index contributed by atoms with van der Waals surface area (Å²) in [6.07, 6.45) is 4.25. The quantitative estimate of drug-likeness (QED) is 0.294. The van der Waals surface area contributed by atoms with E-state index in [2.05, 4.69) is 0 Å². The first kappa shape index (κ1) is 22.7. The maximum atomic E-state index is 13.5. The maximum absolute atomic E-state index is 13.5. The van der Waals surface area contributed by atoms with E-state index in [1.807, 2.05) is 36.4 Å². The molecule has 178 valence electrons. The molecule has 0 spiro atoms. The molecule has 1 N–H and O–H groups in total. The Labute approximate surface area is 200 Å². The number of hydrogen-bond donors (Lipinski definition) is 1. The largest absolute Gasteiger partial charge is 0.493 e. The number of esters is 1. The van der Waals surface area contributed by atoms with Gasteiger partial charge in [0.15, 0.2) is 11.9 Å². The number of aliphatic hydroxyl groups is 1. The van der Waals surface area contributed by atoms with Gasteiger partial charge in [-0.2, -0.15) is 0 Å². The van der Waals surface area contributed by atoms with Gasteiger partial charge in [-0.05, 0) is 24.3 Å². The number of piperidine rings is 3. The lowest BCUT2D eigenvalue weighted by Gasteiger charge is -2.52. The van der Waals surface area contributed by atoms with Crippen molar-refractivity contribution in [1.82, 2.24) is 0 Å². The molecule has 2 bridgehead atoms. The third-order valence-electron chi connectivity index (χ3n) is 7.45. The van der Waals surface area contributed by atoms with Gasteiger partial charge in [0, 0.05) is 30.7 Å². The molecule has 0 amide bonds. The summed E-state index contributed by atoms with van der Waals surface area (Å²) >= 11 is 0. The van der Waals surface area contributed by atoms with Crippen LogP contribution in [-0.2, 0) is 15.1 Å². The third kappa shape index (κ3) is 4.48. The number of furan rings is 1. The predicted molar refractivity (Wildman–Crippen MR) is 127 cm³/mol. The summed E-state index contributed by atoms with van der Waals surface area (Å²) in [5, 5.41) is 11.6. The number of para-hydroxylation sites is 1. The number of ether oxygens (including phenoxy) is 2. The average Bonchev–Trinajstić information content (AvgIpc) is 3.44. The monoisotopic (exact) mass is 462 g/mol. The van der Waals surface area contributed by atoms with Gasteiger partial charge in [0.05, 0.1) is 32.5 Å². The summed E-state index contributed by atoms with van der Waals surface area (Å²) in [4.78, 5) is 13.5. The van der Waals surface area contributed by atoms with Gasteiger partial charge >= 0.3 is 5.97 Å². The molecule has 0 aliphatic carbocycles. The molecule has 34 heavy (non-hydrogen) atoms. The number of fused-ring (bicyclic) bond motifs is 3. The van der Waals surface area contributed by atoms with Crippen molar-refractivity contribution in [2.24, 2.45) is 5.92 Å². The van der Waals surface area contributed by atoms with Crippen LogP contribution in [0.4, 0.5) is 0 Å². The highest BCUT2D eigenvalue weighted by molar-refractivity contribution is 5.84. The highest BCUT2D eigenvalue weighted by Crippen LogP contribution is 2.38. The Morgan fingerprint density at radius 2 is 1.71 bits per heavy atom. The zero-order valence-electron chi connectivity index (χ0n) is 19.3. The van der Waals surface area contributed by atoms with Crippen molar-refractivity contribution in [2.75, 3.05) is 32.8 Å². The predicted octanol–water partition coefficient (Wildman–Crippen LogP) is 4.14. The molecule has 1 unspecified atom stereocenters. The lowest BCUT2D eigenvalue weighted by molar-refractivity contribution is -0.946. The number of hydrogen-bond acceptors (Lipinski definition) is 5. The Hall–Kier alpha value is -3.09. The SMILES string of the molecule is O=C(OC1C[N+]2(CCCOc3ccccc3)CCC1CC2)[C@@](O)(c1ccccc1)c1ccco1. The third-order valence-corrected chi connectivity index (χ3v) is 7.45. The van der Waals surface area contributed by atoms with E-state index >= 15 is 0 Å². The molecule has 3 saturated heterocycles. The fraction of sp³-hybridized carbons (Fsp3) is 0.393. The van der Waals surface area contributed by atoms with Gasteiger partial charge < -0.3 is 23.5 Å². The molecule has 0 radical (unpaired) electrons. The summed E-state index contributed by atoms with van der Waals surface area (Å²) in [7, 11) is 0. The van der Waals surface area contributed by atoms with Crippen LogP contribution >= 0.6 is 0 Å². The lowest BCUT2D eigenvalue weighted by Crippen LogP contribution is -2.65. The van der Waals surface area contributed by atoms with Gasteiger partial charge in [-0.15, -0.1) is 0 Å². The highest BCUT2D eigenvalue weighted by atomic mass is 16.6. The molecule has 6 nitrogen and oxygen atoms in total. The van der Waals surface area contributed by atoms with Gasteiger partial charge in [0.25, 0.3) is 0 Å². The van der Waals surface area contributed by atoms with Crippen molar-refractivity contribution in [3.05, 3.63) is 90.4 Å². The van der Waals surface area contributed by atoms with Crippen LogP contribution in [0.3, 0.4) is 0 Å². The number of benzene rings is 2. The molecule has 3 aromatic rings. The molecule has 0 saturated carbocycles. The average molecular weight is 463 g/mol. The highest BCUT2D eigenvalue weighted by Gasteiger charge is 2.51. The van der Waals surface area contributed by atoms with Crippen LogP contribution in [0, 0.1) is 5.92 Å². The molecule has 2 atom stereocenters. The Morgan fingerprint density at radius 3 is 2.38 bits per heavy atom. The fourth-order valence-corrected chi connectivity index (χ4v) is 5.52. The van der Waals surface area contributed by atoms with Crippen molar-refractivity contribution in [1.29, 1.82) is 0 Å². The smallest absolute Gasteiger partial charge is 0.351 e. The van der Waals surface area contributed by atoms with Crippen LogP contribution in [0.5, 0.6) is 5.75 Å². The number of nitrogens with zero attached hydrogens (tertiary/aromatic N) is 1. The topological polar surface area (TPSA) is 68.9 Å². The summed E-state index contributed by atoms with van der Waals surface area (Å²) in [6.45, 7) is 4.65. The summed E-state index contributed by atoms with van der Waals surface area (Å²) < 4.78 is 18.4. The van der Waals surface area contributed by atoms with Gasteiger partial charge in [-0.3, -0.25) is 0 Å². The summed E-state index contributed by atoms with van der Waals surface area (Å²) in [5.41, 5.74) is -1.52. The molecule has 4 heterocycles. The van der Waals surface area contributed by atoms with Crippen molar-refractivity contribution in [3.63, 3.8) is 0 Å². The van der Waals surface area contributed by atoms with Gasteiger partial charge in [0.1, 0.15) is 12.3 Å². The lowest BCUT2D eigenvalue weighted by atomic mass is 9.82. The van der Waals surface area contributed by atoms with E-state index in [9.17, 15) is 9.90 Å². The Morgan fingerprint density at radius 1 is 1.00 bits per heavy atom. The Bertz CT molecular complexity index is 1060. The number of quaternary nitrogens is 1. The second-order valence-corrected chi connectivity index (χ2v) is 9.55. The minimum atomic E-state index is -1.97. The number of rotatable bonds is 9. The van der Waals surface area contributed by atoms with E-state index in [1.165, 1.54) is 6.26 Å². The molecule has 3 aliphatic rings.